The molecule has 0 spiro atoms. The number of nitrogens with zero attached hydrogens (tertiary/aromatic N) is 5. The molecule has 0 amide bonds. The van der Waals surface area contributed by atoms with Gasteiger partial charge in [-0.3, -0.25) is 14.1 Å². The molecule has 0 radical (unpaired) electrons. The number of rotatable bonds is 7. The van der Waals surface area contributed by atoms with Crippen LogP contribution in [-0.4, -0.2) is 22.4 Å². The number of nitriles is 1. The molecule has 0 aliphatic carbocycles. The average molecular weight is 428 g/mol. The molecular weight excluding hydrogens is 398 g/mol. The third kappa shape index (κ3) is 4.15. The molecule has 0 bridgehead atoms. The molecule has 1 aromatic heterocycles. The molecule has 3 rings (SSSR count). The SMILES string of the molecule is C=Cc1ccccc1N(C)/N=C\c1c(CC)n(-c2ccc(C(C)(C)C#N)cc2)c(=O)n1C. The fraction of sp³-hybridized carbons (Fsp3) is 0.269. The van der Waals surface area contributed by atoms with Crippen molar-refractivity contribution in [2.24, 2.45) is 12.1 Å². The van der Waals surface area contributed by atoms with Crippen LogP contribution in [0.5, 0.6) is 0 Å². The first-order chi connectivity index (χ1) is 15.2. The summed E-state index contributed by atoms with van der Waals surface area (Å²) in [5.74, 6) is 0. The van der Waals surface area contributed by atoms with Crippen molar-refractivity contribution < 1.29 is 0 Å². The van der Waals surface area contributed by atoms with E-state index in [1.54, 1.807) is 33.5 Å². The second kappa shape index (κ2) is 9.11. The summed E-state index contributed by atoms with van der Waals surface area (Å²) >= 11 is 0. The highest BCUT2D eigenvalue weighted by Crippen LogP contribution is 2.24. The Hall–Kier alpha value is -3.85. The van der Waals surface area contributed by atoms with E-state index in [0.717, 1.165) is 33.9 Å². The summed E-state index contributed by atoms with van der Waals surface area (Å²) in [7, 11) is 3.62. The lowest BCUT2D eigenvalue weighted by molar-refractivity contribution is 0.686. The lowest BCUT2D eigenvalue weighted by Crippen LogP contribution is -2.22. The van der Waals surface area contributed by atoms with Gasteiger partial charge in [-0.25, -0.2) is 4.79 Å². The maximum atomic E-state index is 13.1. The van der Waals surface area contributed by atoms with Crippen molar-refractivity contribution in [3.05, 3.63) is 88.1 Å². The quantitative estimate of drug-likeness (QED) is 0.407. The number of aromatic nitrogens is 2. The minimum absolute atomic E-state index is 0.135. The summed E-state index contributed by atoms with van der Waals surface area (Å²) < 4.78 is 3.32. The molecule has 32 heavy (non-hydrogen) atoms. The highest BCUT2D eigenvalue weighted by atomic mass is 16.1. The van der Waals surface area contributed by atoms with Crippen LogP contribution in [0.1, 0.15) is 43.3 Å². The lowest BCUT2D eigenvalue weighted by Gasteiger charge is -2.16. The fourth-order valence-electron chi connectivity index (χ4n) is 3.69. The third-order valence-corrected chi connectivity index (χ3v) is 5.73. The first kappa shape index (κ1) is 22.8. The summed E-state index contributed by atoms with van der Waals surface area (Å²) in [4.78, 5) is 13.1. The van der Waals surface area contributed by atoms with E-state index in [1.165, 1.54) is 0 Å². The molecule has 0 aliphatic rings. The van der Waals surface area contributed by atoms with Gasteiger partial charge in [0.15, 0.2) is 0 Å². The van der Waals surface area contributed by atoms with Crippen LogP contribution in [0.2, 0.25) is 0 Å². The summed E-state index contributed by atoms with van der Waals surface area (Å²) in [6.45, 7) is 9.64. The summed E-state index contributed by atoms with van der Waals surface area (Å²) in [6.07, 6.45) is 4.18. The maximum Gasteiger partial charge on any atom is 0.333 e. The van der Waals surface area contributed by atoms with Gasteiger partial charge in [-0.05, 0) is 49.6 Å². The lowest BCUT2D eigenvalue weighted by atomic mass is 9.86. The molecular formula is C26H29N5O. The fourth-order valence-corrected chi connectivity index (χ4v) is 3.69. The van der Waals surface area contributed by atoms with Crippen molar-refractivity contribution in [2.75, 3.05) is 12.1 Å². The van der Waals surface area contributed by atoms with E-state index in [0.29, 0.717) is 6.42 Å². The van der Waals surface area contributed by atoms with E-state index in [2.05, 4.69) is 17.7 Å². The minimum Gasteiger partial charge on any atom is -0.293 e. The van der Waals surface area contributed by atoms with Crippen LogP contribution in [0, 0.1) is 11.3 Å². The zero-order valence-corrected chi connectivity index (χ0v) is 19.3. The summed E-state index contributed by atoms with van der Waals surface area (Å²) in [5.41, 5.74) is 4.50. The van der Waals surface area contributed by atoms with Crippen molar-refractivity contribution >= 4 is 18.0 Å². The normalized spacial score (nSPS) is 11.5. The second-order valence-electron chi connectivity index (χ2n) is 8.18. The summed E-state index contributed by atoms with van der Waals surface area (Å²) in [6, 6.07) is 17.8. The van der Waals surface area contributed by atoms with Crippen molar-refractivity contribution in [2.45, 2.75) is 32.6 Å². The third-order valence-electron chi connectivity index (χ3n) is 5.73. The smallest absolute Gasteiger partial charge is 0.293 e. The van der Waals surface area contributed by atoms with E-state index >= 15 is 0 Å². The molecule has 0 unspecified atom stereocenters. The van der Waals surface area contributed by atoms with Gasteiger partial charge in [0, 0.05) is 14.1 Å². The van der Waals surface area contributed by atoms with E-state index in [-0.39, 0.29) is 5.69 Å². The number of hydrogen-bond acceptors (Lipinski definition) is 4. The van der Waals surface area contributed by atoms with E-state index in [9.17, 15) is 10.1 Å². The maximum absolute atomic E-state index is 13.1. The zero-order valence-electron chi connectivity index (χ0n) is 19.3. The number of benzene rings is 2. The van der Waals surface area contributed by atoms with Crippen molar-refractivity contribution in [1.82, 2.24) is 9.13 Å². The molecule has 1 heterocycles. The van der Waals surface area contributed by atoms with E-state index < -0.39 is 5.41 Å². The van der Waals surface area contributed by atoms with Gasteiger partial charge in [-0.2, -0.15) is 10.4 Å². The van der Waals surface area contributed by atoms with Crippen LogP contribution < -0.4 is 10.7 Å². The van der Waals surface area contributed by atoms with Crippen molar-refractivity contribution in [1.29, 1.82) is 5.26 Å². The topological polar surface area (TPSA) is 66.3 Å². The predicted molar refractivity (Wildman–Crippen MR) is 132 cm³/mol. The zero-order chi connectivity index (χ0) is 23.5. The number of para-hydroxylation sites is 1. The van der Waals surface area contributed by atoms with Crippen LogP contribution in [0.25, 0.3) is 11.8 Å². The van der Waals surface area contributed by atoms with Gasteiger partial charge in [-0.15, -0.1) is 0 Å². The molecule has 0 fully saturated rings. The van der Waals surface area contributed by atoms with Gasteiger partial charge in [0.1, 0.15) is 0 Å². The van der Waals surface area contributed by atoms with E-state index in [4.69, 9.17) is 0 Å². The monoisotopic (exact) mass is 427 g/mol. The van der Waals surface area contributed by atoms with E-state index in [1.807, 2.05) is 76.3 Å². The highest BCUT2D eigenvalue weighted by Gasteiger charge is 2.21. The molecule has 0 atom stereocenters. The standard InChI is InChI=1S/C26H29N5O/c1-7-19-11-9-10-12-23(19)30(6)28-17-24-22(8-2)31(25(32)29(24)5)21-15-13-20(14-16-21)26(3,4)18-27/h7,9-17H,1,8H2,2-6H3/b28-17-. The number of hydrazone groups is 1. The van der Waals surface area contributed by atoms with Gasteiger partial charge in [0.25, 0.3) is 0 Å². The Morgan fingerprint density at radius 2 is 1.84 bits per heavy atom. The van der Waals surface area contributed by atoms with Crippen LogP contribution in [0.4, 0.5) is 5.69 Å². The molecule has 0 N–H and O–H groups in total. The molecule has 0 aliphatic heterocycles. The van der Waals surface area contributed by atoms with Gasteiger partial charge in [0.2, 0.25) is 0 Å². The Balaban J connectivity index is 2.03. The van der Waals surface area contributed by atoms with Gasteiger partial charge < -0.3 is 0 Å². The van der Waals surface area contributed by atoms with Gasteiger partial charge in [0.05, 0.1) is 40.5 Å². The number of imidazole rings is 1. The van der Waals surface area contributed by atoms with Crippen molar-refractivity contribution in [3.8, 4) is 11.8 Å². The van der Waals surface area contributed by atoms with Gasteiger partial charge >= 0.3 is 5.69 Å². The minimum atomic E-state index is -0.585. The number of hydrogen-bond donors (Lipinski definition) is 0. The Morgan fingerprint density at radius 3 is 2.44 bits per heavy atom. The van der Waals surface area contributed by atoms with Crippen LogP contribution in [-0.2, 0) is 18.9 Å². The Morgan fingerprint density at radius 1 is 1.19 bits per heavy atom. The molecule has 0 saturated heterocycles. The first-order valence-corrected chi connectivity index (χ1v) is 10.6. The highest BCUT2D eigenvalue weighted by molar-refractivity contribution is 5.81. The molecule has 0 saturated carbocycles. The Labute approximate surface area is 189 Å². The van der Waals surface area contributed by atoms with Crippen LogP contribution >= 0.6 is 0 Å². The predicted octanol–water partition coefficient (Wildman–Crippen LogP) is 4.65. The summed E-state index contributed by atoms with van der Waals surface area (Å²) in [5, 5.41) is 15.8. The largest absolute Gasteiger partial charge is 0.333 e. The van der Waals surface area contributed by atoms with Crippen LogP contribution in [0.3, 0.4) is 0 Å². The van der Waals surface area contributed by atoms with Crippen molar-refractivity contribution in [3.63, 3.8) is 0 Å². The second-order valence-corrected chi connectivity index (χ2v) is 8.18. The molecule has 6 heteroatoms. The molecule has 6 nitrogen and oxygen atoms in total. The number of anilines is 1. The molecule has 164 valence electrons. The molecule has 3 aromatic rings. The molecule has 2 aromatic carbocycles. The van der Waals surface area contributed by atoms with Crippen LogP contribution in [0.15, 0.2) is 65.0 Å². The Bertz CT molecular complexity index is 1250. The first-order valence-electron chi connectivity index (χ1n) is 10.6. The average Bonchev–Trinajstić information content (AvgIpc) is 3.06. The van der Waals surface area contributed by atoms with Gasteiger partial charge in [-0.1, -0.05) is 49.9 Å². The Kier molecular flexibility index (Phi) is 6.50.